The number of hydrogen-bond donors (Lipinski definition) is 2. The molecule has 4 nitrogen and oxygen atoms in total. The van der Waals surface area contributed by atoms with Crippen LogP contribution in [-0.4, -0.2) is 23.0 Å². The van der Waals surface area contributed by atoms with E-state index in [4.69, 9.17) is 0 Å². The Balaban J connectivity index is 1.52. The SMILES string of the molecule is CC12CCC3C(CC4(CC4)C4NC(=O)CCC34C)C1CCC2C(=O)O. The van der Waals surface area contributed by atoms with Gasteiger partial charge >= 0.3 is 5.97 Å². The van der Waals surface area contributed by atoms with Crippen LogP contribution < -0.4 is 5.32 Å². The maximum Gasteiger partial charge on any atom is 0.307 e. The van der Waals surface area contributed by atoms with Gasteiger partial charge < -0.3 is 10.4 Å². The minimum atomic E-state index is -0.575. The third kappa shape index (κ3) is 1.94. The Labute approximate surface area is 150 Å². The molecular formula is C21H31NO3. The highest BCUT2D eigenvalue weighted by Gasteiger charge is 2.69. The summed E-state index contributed by atoms with van der Waals surface area (Å²) in [7, 11) is 0. The second-order valence-corrected chi connectivity index (χ2v) is 10.5. The van der Waals surface area contributed by atoms with Gasteiger partial charge in [0.1, 0.15) is 0 Å². The molecule has 5 aliphatic rings. The molecule has 1 aliphatic heterocycles. The molecule has 4 aliphatic carbocycles. The van der Waals surface area contributed by atoms with E-state index in [9.17, 15) is 14.7 Å². The van der Waals surface area contributed by atoms with Crippen LogP contribution in [0.1, 0.15) is 71.6 Å². The van der Waals surface area contributed by atoms with Crippen LogP contribution in [0.15, 0.2) is 0 Å². The van der Waals surface area contributed by atoms with E-state index in [-0.39, 0.29) is 22.7 Å². The van der Waals surface area contributed by atoms with E-state index in [0.717, 1.165) is 32.1 Å². The van der Waals surface area contributed by atoms with E-state index in [1.54, 1.807) is 0 Å². The summed E-state index contributed by atoms with van der Waals surface area (Å²) < 4.78 is 0. The number of carbonyl (C=O) groups excluding carboxylic acids is 1. The fourth-order valence-electron chi connectivity index (χ4n) is 8.21. The van der Waals surface area contributed by atoms with Crippen LogP contribution in [0.3, 0.4) is 0 Å². The molecule has 1 spiro atoms. The van der Waals surface area contributed by atoms with Crippen molar-refractivity contribution in [1.82, 2.24) is 5.32 Å². The Morgan fingerprint density at radius 2 is 1.76 bits per heavy atom. The fourth-order valence-corrected chi connectivity index (χ4v) is 8.21. The topological polar surface area (TPSA) is 66.4 Å². The van der Waals surface area contributed by atoms with Crippen LogP contribution in [0.25, 0.3) is 0 Å². The average Bonchev–Trinajstić information content (AvgIpc) is 3.22. The average molecular weight is 345 g/mol. The highest BCUT2D eigenvalue weighted by molar-refractivity contribution is 5.77. The summed E-state index contributed by atoms with van der Waals surface area (Å²) in [6, 6.07) is 0.364. The summed E-state index contributed by atoms with van der Waals surface area (Å²) >= 11 is 0. The third-order valence-corrected chi connectivity index (χ3v) is 9.58. The fraction of sp³-hybridized carbons (Fsp3) is 0.905. The molecule has 1 heterocycles. The predicted molar refractivity (Wildman–Crippen MR) is 93.7 cm³/mol. The zero-order chi connectivity index (χ0) is 17.6. The summed E-state index contributed by atoms with van der Waals surface area (Å²) in [5.74, 6) is 1.43. The highest BCUT2D eigenvalue weighted by atomic mass is 16.4. The monoisotopic (exact) mass is 345 g/mol. The van der Waals surface area contributed by atoms with Crippen molar-refractivity contribution in [1.29, 1.82) is 0 Å². The zero-order valence-corrected chi connectivity index (χ0v) is 15.5. The van der Waals surface area contributed by atoms with Crippen LogP contribution in [0.2, 0.25) is 0 Å². The van der Waals surface area contributed by atoms with Crippen molar-refractivity contribution < 1.29 is 14.7 Å². The van der Waals surface area contributed by atoms with Crippen LogP contribution in [0, 0.1) is 39.9 Å². The molecule has 4 saturated carbocycles. The van der Waals surface area contributed by atoms with Crippen LogP contribution >= 0.6 is 0 Å². The van der Waals surface area contributed by atoms with E-state index >= 15 is 0 Å². The number of aliphatic carboxylic acids is 1. The Kier molecular flexibility index (Phi) is 3.10. The minimum absolute atomic E-state index is 0.00973. The van der Waals surface area contributed by atoms with Gasteiger partial charge in [0, 0.05) is 12.5 Å². The first-order chi connectivity index (χ1) is 11.8. The molecule has 0 aromatic heterocycles. The van der Waals surface area contributed by atoms with Gasteiger partial charge in [-0.05, 0) is 85.4 Å². The molecule has 7 unspecified atom stereocenters. The number of carboxylic acid groups (broad SMARTS) is 1. The molecule has 0 aromatic rings. The number of hydrogen-bond acceptors (Lipinski definition) is 2. The summed E-state index contributed by atoms with van der Waals surface area (Å²) in [4.78, 5) is 24.0. The van der Waals surface area contributed by atoms with E-state index < -0.39 is 5.97 Å². The van der Waals surface area contributed by atoms with Gasteiger partial charge in [0.2, 0.25) is 5.91 Å². The van der Waals surface area contributed by atoms with Crippen LogP contribution in [0.5, 0.6) is 0 Å². The molecule has 4 heteroatoms. The first-order valence-electron chi connectivity index (χ1n) is 10.3. The normalized spacial score (nSPS) is 52.7. The zero-order valence-electron chi connectivity index (χ0n) is 15.5. The second-order valence-electron chi connectivity index (χ2n) is 10.5. The number of carboxylic acids is 1. The standard InChI is InChI=1S/C21H31NO3/c1-19-7-5-14-12(13(19)3-4-15(19)17(24)25)11-21(9-10-21)18-20(14,2)8-6-16(23)22-18/h12-15,18H,3-11H2,1-2H3,(H,22,23)(H,24,25). The molecule has 0 aromatic carbocycles. The number of fused-ring (bicyclic) bond motifs is 6. The largest absolute Gasteiger partial charge is 0.481 e. The predicted octanol–water partition coefficient (Wildman–Crippen LogP) is 3.60. The Morgan fingerprint density at radius 1 is 1.04 bits per heavy atom. The smallest absolute Gasteiger partial charge is 0.307 e. The molecule has 5 rings (SSSR count). The first kappa shape index (κ1) is 16.1. The maximum atomic E-state index is 12.1. The van der Waals surface area contributed by atoms with Crippen molar-refractivity contribution >= 4 is 11.9 Å². The van der Waals surface area contributed by atoms with E-state index in [2.05, 4.69) is 19.2 Å². The van der Waals surface area contributed by atoms with Crippen molar-refractivity contribution in [3.05, 3.63) is 0 Å². The van der Waals surface area contributed by atoms with Gasteiger partial charge in [0.15, 0.2) is 0 Å². The molecule has 7 atom stereocenters. The molecule has 2 N–H and O–H groups in total. The van der Waals surface area contributed by atoms with Gasteiger partial charge in [-0.1, -0.05) is 13.8 Å². The maximum absolute atomic E-state index is 12.1. The van der Waals surface area contributed by atoms with Crippen LogP contribution in [0.4, 0.5) is 0 Å². The highest BCUT2D eigenvalue weighted by Crippen LogP contribution is 2.72. The number of carbonyl (C=O) groups is 2. The van der Waals surface area contributed by atoms with Gasteiger partial charge in [0.05, 0.1) is 5.92 Å². The van der Waals surface area contributed by atoms with Crippen molar-refractivity contribution in [3.8, 4) is 0 Å². The number of piperidine rings is 1. The molecule has 138 valence electrons. The molecule has 5 fully saturated rings. The summed E-state index contributed by atoms with van der Waals surface area (Å²) in [5, 5.41) is 13.2. The first-order valence-corrected chi connectivity index (χ1v) is 10.3. The lowest BCUT2D eigenvalue weighted by molar-refractivity contribution is -0.157. The van der Waals surface area contributed by atoms with Gasteiger partial charge in [-0.2, -0.15) is 0 Å². The number of rotatable bonds is 1. The summed E-state index contributed by atoms with van der Waals surface area (Å²) in [6.45, 7) is 4.72. The van der Waals surface area contributed by atoms with Gasteiger partial charge in [-0.15, -0.1) is 0 Å². The lowest BCUT2D eigenvalue weighted by atomic mass is 9.44. The molecule has 1 saturated heterocycles. The van der Waals surface area contributed by atoms with Gasteiger partial charge in [-0.3, -0.25) is 9.59 Å². The third-order valence-electron chi connectivity index (χ3n) is 9.58. The van der Waals surface area contributed by atoms with Gasteiger partial charge in [0.25, 0.3) is 0 Å². The second kappa shape index (κ2) is 4.80. The molecule has 0 radical (unpaired) electrons. The summed E-state index contributed by atoms with van der Waals surface area (Å²) in [6.07, 6.45) is 9.60. The van der Waals surface area contributed by atoms with Crippen molar-refractivity contribution in [3.63, 3.8) is 0 Å². The van der Waals surface area contributed by atoms with Crippen LogP contribution in [-0.2, 0) is 9.59 Å². The Bertz CT molecular complexity index is 641. The Morgan fingerprint density at radius 3 is 2.44 bits per heavy atom. The molecule has 1 amide bonds. The quantitative estimate of drug-likeness (QED) is 0.763. The van der Waals surface area contributed by atoms with E-state index in [1.165, 1.54) is 19.3 Å². The van der Waals surface area contributed by atoms with E-state index in [0.29, 0.717) is 35.6 Å². The molecule has 25 heavy (non-hydrogen) atoms. The molecule has 0 bridgehead atoms. The lowest BCUT2D eigenvalue weighted by Gasteiger charge is -2.62. The summed E-state index contributed by atoms with van der Waals surface area (Å²) in [5.41, 5.74) is 0.533. The van der Waals surface area contributed by atoms with E-state index in [1.807, 2.05) is 0 Å². The van der Waals surface area contributed by atoms with Crippen molar-refractivity contribution in [2.75, 3.05) is 0 Å². The van der Waals surface area contributed by atoms with Crippen molar-refractivity contribution in [2.24, 2.45) is 39.9 Å². The molecular weight excluding hydrogens is 314 g/mol. The lowest BCUT2D eigenvalue weighted by Crippen LogP contribution is -2.65. The van der Waals surface area contributed by atoms with Crippen molar-refractivity contribution in [2.45, 2.75) is 77.7 Å². The number of amides is 1. The van der Waals surface area contributed by atoms with Gasteiger partial charge in [-0.25, -0.2) is 0 Å². The number of nitrogens with one attached hydrogen (secondary N) is 1. The Hall–Kier alpha value is -1.06. The minimum Gasteiger partial charge on any atom is -0.481 e.